The van der Waals surface area contributed by atoms with Crippen molar-refractivity contribution in [2.45, 2.75) is 44.7 Å². The molecule has 0 radical (unpaired) electrons. The maximum atomic E-state index is 13.1. The molecule has 29 heavy (non-hydrogen) atoms. The first kappa shape index (κ1) is 19.6. The number of likely N-dealkylation sites (tertiary alicyclic amines) is 1. The Bertz CT molecular complexity index is 798. The molecule has 4 heterocycles. The number of anilines is 1. The molecule has 0 aliphatic carbocycles. The molecule has 3 aliphatic heterocycles. The summed E-state index contributed by atoms with van der Waals surface area (Å²) < 4.78 is 0. The summed E-state index contributed by atoms with van der Waals surface area (Å²) in [4.78, 5) is 49.6. The maximum absolute atomic E-state index is 13.1. The summed E-state index contributed by atoms with van der Waals surface area (Å²) in [6, 6.07) is 0.0799. The predicted molar refractivity (Wildman–Crippen MR) is 106 cm³/mol. The van der Waals surface area contributed by atoms with Crippen molar-refractivity contribution >= 4 is 23.7 Å². The van der Waals surface area contributed by atoms with E-state index >= 15 is 0 Å². The van der Waals surface area contributed by atoms with Gasteiger partial charge in [-0.1, -0.05) is 0 Å². The molecule has 4 atom stereocenters. The molecule has 1 aromatic rings. The number of aromatic nitrogens is 2. The minimum Gasteiger partial charge on any atom is -0.357 e. The smallest absolute Gasteiger partial charge is 0.257 e. The number of fused-ring (bicyclic) bond motifs is 4. The lowest BCUT2D eigenvalue weighted by Gasteiger charge is -2.56. The zero-order chi connectivity index (χ0) is 20.5. The fourth-order valence-electron chi connectivity index (χ4n) is 5.20. The highest BCUT2D eigenvalue weighted by atomic mass is 16.2. The molecule has 9 heteroatoms. The van der Waals surface area contributed by atoms with Crippen LogP contribution in [0.3, 0.4) is 0 Å². The van der Waals surface area contributed by atoms with Gasteiger partial charge >= 0.3 is 0 Å². The first-order valence-corrected chi connectivity index (χ1v) is 10.3. The first-order valence-electron chi connectivity index (χ1n) is 10.3. The van der Waals surface area contributed by atoms with Gasteiger partial charge in [0.1, 0.15) is 0 Å². The van der Waals surface area contributed by atoms with E-state index in [0.717, 1.165) is 19.3 Å². The fraction of sp³-hybridized carbons (Fsp3) is 0.650. The van der Waals surface area contributed by atoms with E-state index in [-0.39, 0.29) is 41.6 Å². The Morgan fingerprint density at radius 1 is 1.21 bits per heavy atom. The van der Waals surface area contributed by atoms with Crippen LogP contribution >= 0.6 is 0 Å². The number of carbonyl (C=O) groups excluding carboxylic acids is 3. The highest BCUT2D eigenvalue weighted by molar-refractivity contribution is 5.93. The highest BCUT2D eigenvalue weighted by Crippen LogP contribution is 2.41. The molecule has 9 nitrogen and oxygen atoms in total. The van der Waals surface area contributed by atoms with Gasteiger partial charge < -0.3 is 20.4 Å². The Morgan fingerprint density at radius 3 is 2.62 bits per heavy atom. The minimum atomic E-state index is -0.0985. The van der Waals surface area contributed by atoms with E-state index in [0.29, 0.717) is 37.6 Å². The van der Waals surface area contributed by atoms with Crippen LogP contribution < -0.4 is 10.6 Å². The number of rotatable bonds is 4. The van der Waals surface area contributed by atoms with Crippen LogP contribution in [0.2, 0.25) is 0 Å². The molecule has 2 bridgehead atoms. The summed E-state index contributed by atoms with van der Waals surface area (Å²) in [5.41, 5.74) is 0.471. The molecule has 3 amide bonds. The third kappa shape index (κ3) is 3.77. The molecule has 4 rings (SSSR count). The van der Waals surface area contributed by atoms with Gasteiger partial charge in [0.25, 0.3) is 5.91 Å². The lowest BCUT2D eigenvalue weighted by molar-refractivity contribution is -0.151. The third-order valence-corrected chi connectivity index (χ3v) is 6.47. The van der Waals surface area contributed by atoms with Crippen LogP contribution in [0.15, 0.2) is 12.4 Å². The average molecular weight is 400 g/mol. The molecular formula is C20H28N6O3. The quantitative estimate of drug-likeness (QED) is 0.762. The second-order valence-electron chi connectivity index (χ2n) is 8.28. The normalized spacial score (nSPS) is 28.6. The Hall–Kier alpha value is -2.71. The SMILES string of the molecule is CNc1ncc(C(=O)N2C[C@H]3C[C@@H](C2)[C@H](CNC(C)=O)N2C(=O)CCC[C@@H]32)cn1. The zero-order valence-corrected chi connectivity index (χ0v) is 16.9. The fourth-order valence-corrected chi connectivity index (χ4v) is 5.20. The van der Waals surface area contributed by atoms with Crippen molar-refractivity contribution in [2.24, 2.45) is 11.8 Å². The van der Waals surface area contributed by atoms with Gasteiger partial charge in [-0.05, 0) is 31.1 Å². The number of nitrogens with zero attached hydrogens (tertiary/aromatic N) is 4. The summed E-state index contributed by atoms with van der Waals surface area (Å²) in [5, 5.41) is 5.75. The van der Waals surface area contributed by atoms with Crippen molar-refractivity contribution in [1.29, 1.82) is 0 Å². The van der Waals surface area contributed by atoms with Crippen molar-refractivity contribution < 1.29 is 14.4 Å². The Balaban J connectivity index is 1.56. The van der Waals surface area contributed by atoms with Gasteiger partial charge in [0.2, 0.25) is 17.8 Å². The van der Waals surface area contributed by atoms with E-state index in [4.69, 9.17) is 0 Å². The monoisotopic (exact) mass is 400 g/mol. The van der Waals surface area contributed by atoms with Crippen LogP contribution in [0.5, 0.6) is 0 Å². The van der Waals surface area contributed by atoms with Gasteiger partial charge in [-0.3, -0.25) is 14.4 Å². The molecule has 1 aromatic heterocycles. The Labute approximate surface area is 170 Å². The lowest BCUT2D eigenvalue weighted by atomic mass is 9.72. The summed E-state index contributed by atoms with van der Waals surface area (Å²) in [5.74, 6) is 0.911. The van der Waals surface area contributed by atoms with Crippen molar-refractivity contribution in [2.75, 3.05) is 32.0 Å². The molecule has 156 valence electrons. The van der Waals surface area contributed by atoms with Crippen LogP contribution in [-0.4, -0.2) is 76.3 Å². The second kappa shape index (κ2) is 7.96. The lowest BCUT2D eigenvalue weighted by Crippen LogP contribution is -2.67. The van der Waals surface area contributed by atoms with Crippen molar-refractivity contribution in [1.82, 2.24) is 25.1 Å². The molecule has 0 aromatic carbocycles. The van der Waals surface area contributed by atoms with E-state index in [2.05, 4.69) is 20.6 Å². The molecule has 0 unspecified atom stereocenters. The van der Waals surface area contributed by atoms with Crippen molar-refractivity contribution in [3.05, 3.63) is 18.0 Å². The number of nitrogens with one attached hydrogen (secondary N) is 2. The predicted octanol–water partition coefficient (Wildman–Crippen LogP) is 0.496. The van der Waals surface area contributed by atoms with E-state index in [1.807, 2.05) is 9.80 Å². The number of amides is 3. The molecule has 0 spiro atoms. The van der Waals surface area contributed by atoms with Gasteiger partial charge in [-0.25, -0.2) is 9.97 Å². The van der Waals surface area contributed by atoms with E-state index in [9.17, 15) is 14.4 Å². The van der Waals surface area contributed by atoms with Crippen LogP contribution in [-0.2, 0) is 9.59 Å². The standard InChI is InChI=1S/C20H28N6O3/c1-12(27)22-9-17-14-6-13(16-4-3-5-18(28)26(16)17)10-25(11-14)19(29)15-7-23-20(21-2)24-8-15/h7-8,13-14,16-17H,3-6,9-11H2,1-2H3,(H,22,27)(H,21,23,24)/t13-,14+,16+,17+/m1/s1. The molecule has 3 fully saturated rings. The van der Waals surface area contributed by atoms with Crippen LogP contribution in [0, 0.1) is 11.8 Å². The summed E-state index contributed by atoms with van der Waals surface area (Å²) in [6.07, 6.45) is 6.51. The molecule has 0 saturated carbocycles. The average Bonchev–Trinajstić information content (AvgIpc) is 2.73. The van der Waals surface area contributed by atoms with E-state index in [1.54, 1.807) is 19.4 Å². The maximum Gasteiger partial charge on any atom is 0.257 e. The van der Waals surface area contributed by atoms with E-state index in [1.165, 1.54) is 6.92 Å². The third-order valence-electron chi connectivity index (χ3n) is 6.47. The summed E-state index contributed by atoms with van der Waals surface area (Å²) >= 11 is 0. The Morgan fingerprint density at radius 2 is 1.93 bits per heavy atom. The van der Waals surface area contributed by atoms with Crippen molar-refractivity contribution in [3.8, 4) is 0 Å². The van der Waals surface area contributed by atoms with Crippen LogP contribution in [0.1, 0.15) is 43.0 Å². The van der Waals surface area contributed by atoms with Crippen LogP contribution in [0.4, 0.5) is 5.95 Å². The molecular weight excluding hydrogens is 372 g/mol. The van der Waals surface area contributed by atoms with Gasteiger partial charge in [0.15, 0.2) is 0 Å². The summed E-state index contributed by atoms with van der Waals surface area (Å²) in [7, 11) is 1.73. The molecule has 3 saturated heterocycles. The highest BCUT2D eigenvalue weighted by Gasteiger charge is 2.50. The number of piperidine rings is 3. The molecule has 3 aliphatic rings. The largest absolute Gasteiger partial charge is 0.357 e. The Kier molecular flexibility index (Phi) is 5.38. The van der Waals surface area contributed by atoms with Gasteiger partial charge in [0.05, 0.1) is 11.6 Å². The summed E-state index contributed by atoms with van der Waals surface area (Å²) in [6.45, 7) is 3.15. The van der Waals surface area contributed by atoms with Crippen LogP contribution in [0.25, 0.3) is 0 Å². The van der Waals surface area contributed by atoms with E-state index < -0.39 is 0 Å². The van der Waals surface area contributed by atoms with Gasteiger partial charge in [-0.2, -0.15) is 0 Å². The topological polar surface area (TPSA) is 108 Å². The van der Waals surface area contributed by atoms with Gasteiger partial charge in [0, 0.05) is 58.5 Å². The van der Waals surface area contributed by atoms with Crippen molar-refractivity contribution in [3.63, 3.8) is 0 Å². The minimum absolute atomic E-state index is 0.0635. The molecule has 2 N–H and O–H groups in total. The number of hydrogen-bond acceptors (Lipinski definition) is 6. The number of carbonyl (C=O) groups is 3. The first-order chi connectivity index (χ1) is 14.0. The zero-order valence-electron chi connectivity index (χ0n) is 16.9. The number of hydrogen-bond donors (Lipinski definition) is 2. The second-order valence-corrected chi connectivity index (χ2v) is 8.28. The van der Waals surface area contributed by atoms with Gasteiger partial charge in [-0.15, -0.1) is 0 Å².